The normalized spacial score (nSPS) is 11.7. The fourth-order valence-electron chi connectivity index (χ4n) is 3.00. The first-order chi connectivity index (χ1) is 12.3. The van der Waals surface area contributed by atoms with Crippen molar-refractivity contribution >= 4 is 5.97 Å². The second-order valence-electron chi connectivity index (χ2n) is 7.17. The summed E-state index contributed by atoms with van der Waals surface area (Å²) in [6.07, 6.45) is 29.7. The number of carboxylic acid groups (broad SMARTS) is 1. The number of hydrogen-bond acceptors (Lipinski definition) is 1. The molecule has 0 spiro atoms. The van der Waals surface area contributed by atoms with Crippen LogP contribution in [0.1, 0.15) is 116 Å². The zero-order valence-electron chi connectivity index (χ0n) is 16.7. The predicted molar refractivity (Wildman–Crippen MR) is 110 cm³/mol. The van der Waals surface area contributed by atoms with Crippen LogP contribution in [-0.4, -0.2) is 11.1 Å². The first kappa shape index (κ1) is 23.9. The van der Waals surface area contributed by atoms with Crippen molar-refractivity contribution in [2.75, 3.05) is 0 Å². The smallest absolute Gasteiger partial charge is 0.303 e. The Morgan fingerprint density at radius 2 is 1.04 bits per heavy atom. The van der Waals surface area contributed by atoms with Gasteiger partial charge in [0.15, 0.2) is 0 Å². The third-order valence-corrected chi connectivity index (χ3v) is 4.62. The minimum Gasteiger partial charge on any atom is -0.481 e. The van der Waals surface area contributed by atoms with Crippen molar-refractivity contribution in [2.24, 2.45) is 0 Å². The first-order valence-electron chi connectivity index (χ1n) is 10.8. The van der Waals surface area contributed by atoms with Gasteiger partial charge in [-0.05, 0) is 25.7 Å². The zero-order valence-corrected chi connectivity index (χ0v) is 16.7. The summed E-state index contributed by atoms with van der Waals surface area (Å²) in [5.41, 5.74) is 0. The Morgan fingerprint density at radius 1 is 0.640 bits per heavy atom. The molecule has 0 atom stereocenters. The van der Waals surface area contributed by atoms with Crippen molar-refractivity contribution < 1.29 is 9.90 Å². The summed E-state index contributed by atoms with van der Waals surface area (Å²) in [6, 6.07) is 0. The number of carbonyl (C=O) groups is 1. The van der Waals surface area contributed by atoms with Gasteiger partial charge in [0.1, 0.15) is 0 Å². The van der Waals surface area contributed by atoms with Crippen molar-refractivity contribution in [3.05, 3.63) is 24.3 Å². The molecule has 25 heavy (non-hydrogen) atoms. The van der Waals surface area contributed by atoms with Crippen LogP contribution in [0.2, 0.25) is 0 Å². The number of aliphatic carboxylic acids is 1. The van der Waals surface area contributed by atoms with Gasteiger partial charge in [-0.1, -0.05) is 108 Å². The monoisotopic (exact) mass is 350 g/mol. The van der Waals surface area contributed by atoms with Gasteiger partial charge in [-0.3, -0.25) is 4.79 Å². The van der Waals surface area contributed by atoms with E-state index in [1.807, 2.05) is 6.08 Å². The largest absolute Gasteiger partial charge is 0.481 e. The molecule has 146 valence electrons. The number of carboxylic acids is 1. The maximum atomic E-state index is 10.4. The molecular formula is C23H42O2. The van der Waals surface area contributed by atoms with E-state index in [0.29, 0.717) is 0 Å². The summed E-state index contributed by atoms with van der Waals surface area (Å²) >= 11 is 0. The number of allylic oxidation sites excluding steroid dienone is 4. The second-order valence-corrected chi connectivity index (χ2v) is 7.17. The molecule has 0 aliphatic rings. The molecular weight excluding hydrogens is 308 g/mol. The van der Waals surface area contributed by atoms with E-state index < -0.39 is 5.97 Å². The molecule has 0 saturated carbocycles. The van der Waals surface area contributed by atoms with Crippen molar-refractivity contribution in [3.8, 4) is 0 Å². The molecule has 0 aromatic carbocycles. The fourth-order valence-corrected chi connectivity index (χ4v) is 3.00. The minimum atomic E-state index is -0.702. The van der Waals surface area contributed by atoms with Gasteiger partial charge in [0, 0.05) is 6.42 Å². The third-order valence-electron chi connectivity index (χ3n) is 4.62. The number of hydrogen-bond donors (Lipinski definition) is 1. The van der Waals surface area contributed by atoms with Crippen LogP contribution in [-0.2, 0) is 4.79 Å². The Morgan fingerprint density at radius 3 is 1.48 bits per heavy atom. The maximum Gasteiger partial charge on any atom is 0.303 e. The van der Waals surface area contributed by atoms with Crippen LogP contribution in [0, 0.1) is 0 Å². The van der Waals surface area contributed by atoms with Gasteiger partial charge in [0.2, 0.25) is 0 Å². The summed E-state index contributed by atoms with van der Waals surface area (Å²) in [5, 5.41) is 8.53. The first-order valence-corrected chi connectivity index (χ1v) is 10.8. The highest BCUT2D eigenvalue weighted by molar-refractivity contribution is 5.66. The van der Waals surface area contributed by atoms with Gasteiger partial charge in [-0.2, -0.15) is 0 Å². The Kier molecular flexibility index (Phi) is 20.1. The molecule has 0 rings (SSSR count). The van der Waals surface area contributed by atoms with Crippen LogP contribution in [0.25, 0.3) is 0 Å². The molecule has 0 saturated heterocycles. The molecule has 0 aromatic rings. The molecule has 0 heterocycles. The molecule has 0 fully saturated rings. The summed E-state index contributed by atoms with van der Waals surface area (Å²) < 4.78 is 0. The van der Waals surface area contributed by atoms with Crippen molar-refractivity contribution in [1.82, 2.24) is 0 Å². The standard InChI is InChI=1S/C23H42O2/c1-2-3-4-5-6-7-8-9-10-11-12-13-14-15-16-17-18-19-20-21-22-23(24)25/h16-19H,2-15,20-22H2,1H3,(H,24,25)/b17-16+,19-18+. The highest BCUT2D eigenvalue weighted by Crippen LogP contribution is 2.13. The van der Waals surface area contributed by atoms with Gasteiger partial charge in [-0.15, -0.1) is 0 Å². The lowest BCUT2D eigenvalue weighted by Crippen LogP contribution is -1.92. The average Bonchev–Trinajstić information content (AvgIpc) is 2.60. The molecule has 0 amide bonds. The lowest BCUT2D eigenvalue weighted by atomic mass is 10.0. The Hall–Kier alpha value is -1.05. The molecule has 1 N–H and O–H groups in total. The van der Waals surface area contributed by atoms with E-state index in [2.05, 4.69) is 25.2 Å². The van der Waals surface area contributed by atoms with Crippen LogP contribution in [0.15, 0.2) is 24.3 Å². The zero-order chi connectivity index (χ0) is 18.4. The highest BCUT2D eigenvalue weighted by atomic mass is 16.4. The summed E-state index contributed by atoms with van der Waals surface area (Å²) in [7, 11) is 0. The third kappa shape index (κ3) is 22.9. The maximum absolute atomic E-state index is 10.4. The molecule has 0 aromatic heterocycles. The molecule has 2 nitrogen and oxygen atoms in total. The summed E-state index contributed by atoms with van der Waals surface area (Å²) in [5.74, 6) is -0.702. The van der Waals surface area contributed by atoms with E-state index in [1.165, 1.54) is 83.5 Å². The van der Waals surface area contributed by atoms with Gasteiger partial charge in [0.05, 0.1) is 0 Å². The highest BCUT2D eigenvalue weighted by Gasteiger charge is 1.94. The topological polar surface area (TPSA) is 37.3 Å². The predicted octanol–water partition coefficient (Wildman–Crippen LogP) is 7.84. The molecule has 0 unspecified atom stereocenters. The molecule has 2 heteroatoms. The molecule has 0 bridgehead atoms. The van der Waals surface area contributed by atoms with E-state index in [4.69, 9.17) is 5.11 Å². The van der Waals surface area contributed by atoms with E-state index in [1.54, 1.807) is 0 Å². The fraction of sp³-hybridized carbons (Fsp3) is 0.783. The van der Waals surface area contributed by atoms with Gasteiger partial charge < -0.3 is 5.11 Å². The van der Waals surface area contributed by atoms with Crippen molar-refractivity contribution in [2.45, 2.75) is 116 Å². The molecule has 0 radical (unpaired) electrons. The molecule has 0 aliphatic carbocycles. The van der Waals surface area contributed by atoms with Gasteiger partial charge >= 0.3 is 5.97 Å². The number of unbranched alkanes of at least 4 members (excludes halogenated alkanes) is 14. The minimum absolute atomic E-state index is 0.271. The lowest BCUT2D eigenvalue weighted by Gasteiger charge is -2.02. The van der Waals surface area contributed by atoms with Crippen molar-refractivity contribution in [1.29, 1.82) is 0 Å². The van der Waals surface area contributed by atoms with Crippen molar-refractivity contribution in [3.63, 3.8) is 0 Å². The average molecular weight is 351 g/mol. The van der Waals surface area contributed by atoms with Crippen LogP contribution in [0.4, 0.5) is 0 Å². The van der Waals surface area contributed by atoms with E-state index in [9.17, 15) is 4.79 Å². The quantitative estimate of drug-likeness (QED) is 0.190. The van der Waals surface area contributed by atoms with E-state index >= 15 is 0 Å². The Bertz CT molecular complexity index is 331. The Labute approximate surface area is 156 Å². The molecule has 0 aliphatic heterocycles. The van der Waals surface area contributed by atoms with Crippen LogP contribution in [0.3, 0.4) is 0 Å². The lowest BCUT2D eigenvalue weighted by molar-refractivity contribution is -0.137. The second kappa shape index (κ2) is 21.0. The number of rotatable bonds is 19. The van der Waals surface area contributed by atoms with E-state index in [0.717, 1.165) is 19.3 Å². The van der Waals surface area contributed by atoms with Gasteiger partial charge in [0.25, 0.3) is 0 Å². The van der Waals surface area contributed by atoms with E-state index in [-0.39, 0.29) is 6.42 Å². The summed E-state index contributed by atoms with van der Waals surface area (Å²) in [6.45, 7) is 2.28. The van der Waals surface area contributed by atoms with Crippen LogP contribution < -0.4 is 0 Å². The Balaban J connectivity index is 3.14. The summed E-state index contributed by atoms with van der Waals surface area (Å²) in [4.78, 5) is 10.4. The SMILES string of the molecule is CCCCCCCCCCCCCCC/C=C/C=C/CCCC(=O)O. The van der Waals surface area contributed by atoms with Gasteiger partial charge in [-0.25, -0.2) is 0 Å². The van der Waals surface area contributed by atoms with Crippen LogP contribution >= 0.6 is 0 Å². The van der Waals surface area contributed by atoms with Crippen LogP contribution in [0.5, 0.6) is 0 Å².